The molecule has 1 N–H and O–H groups in total. The van der Waals surface area contributed by atoms with Crippen LogP contribution in [0.2, 0.25) is 0 Å². The van der Waals surface area contributed by atoms with E-state index in [1.165, 1.54) is 0 Å². The maximum atomic E-state index is 10.4. The van der Waals surface area contributed by atoms with Gasteiger partial charge >= 0.3 is 5.97 Å². The molecule has 0 aromatic carbocycles. The number of carbonyl (C=O) groups is 1. The van der Waals surface area contributed by atoms with Crippen LogP contribution in [0.3, 0.4) is 0 Å². The molecule has 0 radical (unpaired) electrons. The second kappa shape index (κ2) is 2.73. The summed E-state index contributed by atoms with van der Waals surface area (Å²) in [5.74, 6) is -0.797. The molecule has 10 heavy (non-hydrogen) atoms. The molecule has 1 heterocycles. The highest BCUT2D eigenvalue weighted by atomic mass is 16.4. The zero-order valence-electron chi connectivity index (χ0n) is 6.00. The monoisotopic (exact) mass is 141 g/mol. The second-order valence-electron chi connectivity index (χ2n) is 2.35. The number of aliphatic carboxylic acids is 1. The van der Waals surface area contributed by atoms with Crippen LogP contribution in [0.25, 0.3) is 0 Å². The van der Waals surface area contributed by atoms with Crippen molar-refractivity contribution in [3.63, 3.8) is 0 Å². The van der Waals surface area contributed by atoms with Gasteiger partial charge in [0.25, 0.3) is 0 Å². The summed E-state index contributed by atoms with van der Waals surface area (Å²) in [6.45, 7) is 3.87. The van der Waals surface area contributed by atoms with E-state index in [-0.39, 0.29) is 0 Å². The quantitative estimate of drug-likeness (QED) is 0.464. The Morgan fingerprint density at radius 1 is 1.70 bits per heavy atom. The fraction of sp³-hybridized carbons (Fsp3) is 0.571. The molecule has 0 saturated carbocycles. The minimum atomic E-state index is -0.797. The molecule has 56 valence electrons. The molecule has 3 nitrogen and oxygen atoms in total. The summed E-state index contributed by atoms with van der Waals surface area (Å²) in [5, 5.41) is 8.55. The van der Waals surface area contributed by atoms with Crippen molar-refractivity contribution < 1.29 is 9.90 Å². The van der Waals surface area contributed by atoms with Crippen molar-refractivity contribution in [2.24, 2.45) is 0 Å². The fourth-order valence-electron chi connectivity index (χ4n) is 0.705. The molecule has 3 heteroatoms. The number of hydrogen-bond donors (Lipinski definition) is 1. The van der Waals surface area contributed by atoms with Gasteiger partial charge in [-0.2, -0.15) is 0 Å². The van der Waals surface area contributed by atoms with Gasteiger partial charge in [0.05, 0.1) is 5.57 Å². The summed E-state index contributed by atoms with van der Waals surface area (Å²) < 4.78 is 0. The van der Waals surface area contributed by atoms with E-state index in [1.807, 2.05) is 11.8 Å². The first kappa shape index (κ1) is 7.12. The van der Waals surface area contributed by atoms with E-state index in [1.54, 1.807) is 6.20 Å². The minimum Gasteiger partial charge on any atom is -0.478 e. The zero-order valence-corrected chi connectivity index (χ0v) is 6.00. The molecule has 0 unspecified atom stereocenters. The van der Waals surface area contributed by atoms with Gasteiger partial charge in [-0.15, -0.1) is 0 Å². The van der Waals surface area contributed by atoms with Gasteiger partial charge < -0.3 is 10.0 Å². The van der Waals surface area contributed by atoms with Crippen molar-refractivity contribution >= 4 is 5.97 Å². The molecule has 1 saturated heterocycles. The van der Waals surface area contributed by atoms with Crippen LogP contribution in [0.4, 0.5) is 0 Å². The zero-order chi connectivity index (χ0) is 7.56. The third-order valence-electron chi connectivity index (χ3n) is 1.48. The molecule has 0 aliphatic carbocycles. The number of hydrogen-bond acceptors (Lipinski definition) is 2. The highest BCUT2D eigenvalue weighted by molar-refractivity contribution is 5.86. The topological polar surface area (TPSA) is 40.3 Å². The first-order chi connectivity index (χ1) is 4.74. The van der Waals surface area contributed by atoms with Gasteiger partial charge in [0.15, 0.2) is 0 Å². The van der Waals surface area contributed by atoms with Gasteiger partial charge in [-0.05, 0) is 6.42 Å². The van der Waals surface area contributed by atoms with Crippen molar-refractivity contribution in [3.8, 4) is 0 Å². The van der Waals surface area contributed by atoms with Crippen LogP contribution in [-0.2, 0) is 4.79 Å². The number of carboxylic acids is 1. The lowest BCUT2D eigenvalue weighted by molar-refractivity contribution is -0.132. The summed E-state index contributed by atoms with van der Waals surface area (Å²) in [6, 6.07) is 0. The van der Waals surface area contributed by atoms with Gasteiger partial charge in [0.1, 0.15) is 0 Å². The van der Waals surface area contributed by atoms with E-state index in [0.717, 1.165) is 13.1 Å². The van der Waals surface area contributed by atoms with E-state index in [9.17, 15) is 4.79 Å². The molecule has 0 aromatic rings. The molecule has 1 aliphatic heterocycles. The smallest absolute Gasteiger partial charge is 0.333 e. The lowest BCUT2D eigenvalue weighted by Gasteiger charge is -1.96. The Hall–Kier alpha value is -0.990. The summed E-state index contributed by atoms with van der Waals surface area (Å²) in [5.41, 5.74) is 0.498. The van der Waals surface area contributed by atoms with E-state index in [0.29, 0.717) is 12.0 Å². The van der Waals surface area contributed by atoms with Gasteiger partial charge in [0, 0.05) is 19.3 Å². The van der Waals surface area contributed by atoms with Crippen LogP contribution < -0.4 is 0 Å². The maximum Gasteiger partial charge on any atom is 0.333 e. The van der Waals surface area contributed by atoms with E-state index >= 15 is 0 Å². The third kappa shape index (κ3) is 1.76. The van der Waals surface area contributed by atoms with Crippen molar-refractivity contribution in [2.45, 2.75) is 13.3 Å². The third-order valence-corrected chi connectivity index (χ3v) is 1.48. The Labute approximate surface area is 59.9 Å². The van der Waals surface area contributed by atoms with Gasteiger partial charge in [-0.3, -0.25) is 0 Å². The highest BCUT2D eigenvalue weighted by Gasteiger charge is 2.15. The van der Waals surface area contributed by atoms with Crippen LogP contribution in [0.5, 0.6) is 0 Å². The molecular formula is C7H11NO2. The van der Waals surface area contributed by atoms with E-state index in [2.05, 4.69) is 0 Å². The lowest BCUT2D eigenvalue weighted by atomic mass is 10.2. The number of carboxylic acid groups (broad SMARTS) is 1. The fourth-order valence-corrected chi connectivity index (χ4v) is 0.705. The second-order valence-corrected chi connectivity index (χ2v) is 2.35. The molecule has 1 fully saturated rings. The van der Waals surface area contributed by atoms with Crippen LogP contribution in [0.15, 0.2) is 11.8 Å². The van der Waals surface area contributed by atoms with Crippen LogP contribution >= 0.6 is 0 Å². The van der Waals surface area contributed by atoms with Crippen LogP contribution in [0, 0.1) is 0 Å². The first-order valence-corrected chi connectivity index (χ1v) is 3.42. The molecule has 0 aromatic heterocycles. The average Bonchev–Trinajstić information content (AvgIpc) is 2.64. The van der Waals surface area contributed by atoms with Gasteiger partial charge in [-0.1, -0.05) is 6.92 Å². The predicted molar refractivity (Wildman–Crippen MR) is 37.6 cm³/mol. The van der Waals surface area contributed by atoms with Crippen molar-refractivity contribution in [1.82, 2.24) is 4.90 Å². The Bertz CT molecular complexity index is 170. The SMILES string of the molecule is CCC(=CN1CC1)C(=O)O. The lowest BCUT2D eigenvalue weighted by Crippen LogP contribution is -2.01. The molecule has 1 rings (SSSR count). The Kier molecular flexibility index (Phi) is 1.94. The number of nitrogens with zero attached hydrogens (tertiary/aromatic N) is 1. The van der Waals surface area contributed by atoms with Gasteiger partial charge in [0.2, 0.25) is 0 Å². The molecular weight excluding hydrogens is 130 g/mol. The van der Waals surface area contributed by atoms with Crippen molar-refractivity contribution in [2.75, 3.05) is 13.1 Å². The predicted octanol–water partition coefficient (Wildman–Crippen LogP) is 0.681. The van der Waals surface area contributed by atoms with E-state index in [4.69, 9.17) is 5.11 Å². The Morgan fingerprint density at radius 2 is 2.30 bits per heavy atom. The molecule has 0 atom stereocenters. The van der Waals surface area contributed by atoms with Crippen LogP contribution in [-0.4, -0.2) is 29.1 Å². The Balaban J connectivity index is 2.52. The molecule has 0 bridgehead atoms. The average molecular weight is 141 g/mol. The summed E-state index contributed by atoms with van der Waals surface area (Å²) in [7, 11) is 0. The maximum absolute atomic E-state index is 10.4. The minimum absolute atomic E-state index is 0.498. The van der Waals surface area contributed by atoms with Crippen molar-refractivity contribution in [1.29, 1.82) is 0 Å². The van der Waals surface area contributed by atoms with Gasteiger partial charge in [-0.25, -0.2) is 4.79 Å². The molecule has 0 spiro atoms. The van der Waals surface area contributed by atoms with Crippen molar-refractivity contribution in [3.05, 3.63) is 11.8 Å². The summed E-state index contributed by atoms with van der Waals surface area (Å²) in [4.78, 5) is 12.4. The molecule has 0 amide bonds. The van der Waals surface area contributed by atoms with E-state index < -0.39 is 5.97 Å². The van der Waals surface area contributed by atoms with Crippen LogP contribution in [0.1, 0.15) is 13.3 Å². The summed E-state index contributed by atoms with van der Waals surface area (Å²) in [6.07, 6.45) is 2.33. The normalized spacial score (nSPS) is 17.3. The molecule has 1 aliphatic rings. The summed E-state index contributed by atoms with van der Waals surface area (Å²) >= 11 is 0. The standard InChI is InChI=1S/C7H11NO2/c1-2-6(7(9)10)5-8-3-4-8/h5H,2-4H2,1H3,(H,9,10). The first-order valence-electron chi connectivity index (χ1n) is 3.42. The highest BCUT2D eigenvalue weighted by Crippen LogP contribution is 2.09. The largest absolute Gasteiger partial charge is 0.478 e. The number of rotatable bonds is 3. The Morgan fingerprint density at radius 3 is 2.60 bits per heavy atom.